The second-order valence-corrected chi connectivity index (χ2v) is 10.9. The zero-order valence-corrected chi connectivity index (χ0v) is 25.3. The highest BCUT2D eigenvalue weighted by atomic mass is 19.4. The van der Waals surface area contributed by atoms with Crippen molar-refractivity contribution < 1.29 is 37.0 Å². The van der Waals surface area contributed by atoms with Gasteiger partial charge in [0.15, 0.2) is 17.4 Å². The van der Waals surface area contributed by atoms with Gasteiger partial charge >= 0.3 is 12.1 Å². The van der Waals surface area contributed by atoms with Gasteiger partial charge in [0.2, 0.25) is 6.10 Å². The Bertz CT molecular complexity index is 1770. The first kappa shape index (κ1) is 32.0. The van der Waals surface area contributed by atoms with Crippen molar-refractivity contribution >= 4 is 23.5 Å². The van der Waals surface area contributed by atoms with Gasteiger partial charge in [-0.15, -0.1) is 5.10 Å². The second-order valence-electron chi connectivity index (χ2n) is 10.9. The molecule has 46 heavy (non-hydrogen) atoms. The molecule has 236 valence electrons. The molecular weight excluding hydrogens is 601 g/mol. The number of nitrogens with zero attached hydrogens (tertiary/aromatic N) is 4. The molecule has 0 fully saturated rings. The normalized spacial score (nSPS) is 15.7. The lowest BCUT2D eigenvalue weighted by Crippen LogP contribution is -2.32. The number of carbonyl (C=O) groups excluding carboxylic acids is 3. The van der Waals surface area contributed by atoms with Crippen LogP contribution in [0.1, 0.15) is 70.3 Å². The molecule has 5 rings (SSSR count). The maximum atomic E-state index is 14.4. The zero-order chi connectivity index (χ0) is 33.2. The van der Waals surface area contributed by atoms with Gasteiger partial charge in [-0.3, -0.25) is 19.5 Å². The fraction of sp³-hybridized carbons (Fsp3) is 0.235. The third kappa shape index (κ3) is 6.37. The van der Waals surface area contributed by atoms with E-state index in [1.807, 2.05) is 13.8 Å². The largest absolute Gasteiger partial charge is 0.468 e. The Balaban J connectivity index is 1.74. The molecule has 1 unspecified atom stereocenters. The summed E-state index contributed by atoms with van der Waals surface area (Å²) in [5, 5.41) is 8.17. The Morgan fingerprint density at radius 1 is 0.891 bits per heavy atom. The standard InChI is InChI=1S/C34H29F3N4O5/c1-19(2)21-11-13-22(14-12-21)29(42)27-28(24-15-16-25(38-18-24)34(35,36)37)41(26-17-10-20(3)39-40-26)32(43)31(27)46-30(33(44)45-4)23-8-6-5-7-9-23/h5-19,28,30H,1-4H3/t28-,30?/m0/s1. The third-order valence-electron chi connectivity index (χ3n) is 7.45. The molecular formula is C34H29F3N4O5. The summed E-state index contributed by atoms with van der Waals surface area (Å²) in [4.78, 5) is 46.4. The van der Waals surface area contributed by atoms with E-state index < -0.39 is 47.4 Å². The summed E-state index contributed by atoms with van der Waals surface area (Å²) in [6.07, 6.45) is -5.24. The number of aryl methyl sites for hydroxylation is 1. The predicted octanol–water partition coefficient (Wildman–Crippen LogP) is 6.48. The van der Waals surface area contributed by atoms with E-state index in [1.54, 1.807) is 67.6 Å². The number of aromatic nitrogens is 3. The summed E-state index contributed by atoms with van der Waals surface area (Å²) in [6.45, 7) is 5.67. The van der Waals surface area contributed by atoms with E-state index >= 15 is 0 Å². The van der Waals surface area contributed by atoms with Crippen LogP contribution in [0.2, 0.25) is 0 Å². The molecule has 2 aromatic heterocycles. The number of hydrogen-bond acceptors (Lipinski definition) is 8. The number of halogens is 3. The summed E-state index contributed by atoms with van der Waals surface area (Å²) in [7, 11) is 1.15. The molecule has 2 atom stereocenters. The Morgan fingerprint density at radius 3 is 2.13 bits per heavy atom. The number of Topliss-reactive ketones (excluding diaryl/α,β-unsaturated/α-hetero) is 1. The molecule has 9 nitrogen and oxygen atoms in total. The smallest absolute Gasteiger partial charge is 0.433 e. The van der Waals surface area contributed by atoms with Gasteiger partial charge in [-0.1, -0.05) is 74.5 Å². The number of methoxy groups -OCH3 is 1. The van der Waals surface area contributed by atoms with Gasteiger partial charge in [0.05, 0.1) is 24.4 Å². The van der Waals surface area contributed by atoms with Crippen LogP contribution in [0.4, 0.5) is 19.0 Å². The number of benzene rings is 2. The number of rotatable bonds is 9. The Kier molecular flexibility index (Phi) is 8.99. The van der Waals surface area contributed by atoms with Crippen molar-refractivity contribution in [2.45, 2.75) is 45.0 Å². The summed E-state index contributed by atoms with van der Waals surface area (Å²) in [5.41, 5.74) is 0.696. The first-order chi connectivity index (χ1) is 21.9. The van der Waals surface area contributed by atoms with Crippen LogP contribution in [0.15, 0.2) is 96.4 Å². The van der Waals surface area contributed by atoms with Crippen LogP contribution >= 0.6 is 0 Å². The number of anilines is 1. The van der Waals surface area contributed by atoms with E-state index in [-0.39, 0.29) is 28.4 Å². The Morgan fingerprint density at radius 2 is 1.59 bits per heavy atom. The van der Waals surface area contributed by atoms with E-state index in [9.17, 15) is 27.6 Å². The zero-order valence-electron chi connectivity index (χ0n) is 25.3. The van der Waals surface area contributed by atoms with Crippen molar-refractivity contribution in [2.75, 3.05) is 12.0 Å². The summed E-state index contributed by atoms with van der Waals surface area (Å²) < 4.78 is 51.5. The molecule has 0 saturated carbocycles. The molecule has 0 bridgehead atoms. The Labute approximate surface area is 262 Å². The molecule has 0 spiro atoms. The lowest BCUT2D eigenvalue weighted by atomic mass is 9.92. The lowest BCUT2D eigenvalue weighted by Gasteiger charge is -2.25. The van der Waals surface area contributed by atoms with Crippen LogP contribution in [-0.4, -0.2) is 40.0 Å². The minimum atomic E-state index is -4.73. The number of hydrogen-bond donors (Lipinski definition) is 0. The van der Waals surface area contributed by atoms with Crippen molar-refractivity contribution in [3.05, 3.63) is 130 Å². The van der Waals surface area contributed by atoms with Crippen LogP contribution in [-0.2, 0) is 25.2 Å². The molecule has 4 aromatic rings. The third-order valence-corrected chi connectivity index (χ3v) is 7.45. The fourth-order valence-corrected chi connectivity index (χ4v) is 5.02. The molecule has 0 radical (unpaired) electrons. The molecule has 0 N–H and O–H groups in total. The Hall–Kier alpha value is -5.39. The minimum absolute atomic E-state index is 0.00566. The number of esters is 1. The molecule has 12 heteroatoms. The van der Waals surface area contributed by atoms with Gasteiger partial charge in [-0.2, -0.15) is 18.3 Å². The van der Waals surface area contributed by atoms with Gasteiger partial charge in [-0.25, -0.2) is 4.79 Å². The highest BCUT2D eigenvalue weighted by Gasteiger charge is 2.48. The lowest BCUT2D eigenvalue weighted by molar-refractivity contribution is -0.152. The van der Waals surface area contributed by atoms with E-state index in [1.165, 1.54) is 6.07 Å². The number of ether oxygens (including phenoxy) is 2. The van der Waals surface area contributed by atoms with Crippen LogP contribution < -0.4 is 4.90 Å². The molecule has 0 aliphatic carbocycles. The van der Waals surface area contributed by atoms with Crippen LogP contribution in [0.5, 0.6) is 0 Å². The highest BCUT2D eigenvalue weighted by Crippen LogP contribution is 2.44. The van der Waals surface area contributed by atoms with Crippen LogP contribution in [0.25, 0.3) is 0 Å². The van der Waals surface area contributed by atoms with Crippen molar-refractivity contribution in [1.82, 2.24) is 15.2 Å². The highest BCUT2D eigenvalue weighted by molar-refractivity contribution is 6.21. The van der Waals surface area contributed by atoms with Gasteiger partial charge in [0.1, 0.15) is 5.69 Å². The van der Waals surface area contributed by atoms with Crippen molar-refractivity contribution in [3.63, 3.8) is 0 Å². The number of alkyl halides is 3. The predicted molar refractivity (Wildman–Crippen MR) is 160 cm³/mol. The number of ketones is 1. The molecule has 3 heterocycles. The van der Waals surface area contributed by atoms with Crippen molar-refractivity contribution in [2.24, 2.45) is 0 Å². The van der Waals surface area contributed by atoms with Crippen LogP contribution in [0, 0.1) is 6.92 Å². The van der Waals surface area contributed by atoms with E-state index in [0.29, 0.717) is 11.3 Å². The monoisotopic (exact) mass is 630 g/mol. The van der Waals surface area contributed by atoms with Crippen molar-refractivity contribution in [1.29, 1.82) is 0 Å². The molecule has 1 aliphatic rings. The topological polar surface area (TPSA) is 112 Å². The van der Waals surface area contributed by atoms with E-state index in [4.69, 9.17) is 9.47 Å². The second kappa shape index (κ2) is 12.9. The van der Waals surface area contributed by atoms with Gasteiger partial charge < -0.3 is 9.47 Å². The summed E-state index contributed by atoms with van der Waals surface area (Å²) in [6, 6.07) is 18.6. The van der Waals surface area contributed by atoms with E-state index in [2.05, 4.69) is 15.2 Å². The number of carbonyl (C=O) groups is 3. The first-order valence-electron chi connectivity index (χ1n) is 14.3. The first-order valence-corrected chi connectivity index (χ1v) is 14.3. The van der Waals surface area contributed by atoms with Gasteiger partial charge in [-0.05, 0) is 42.2 Å². The minimum Gasteiger partial charge on any atom is -0.468 e. The molecule has 2 aromatic carbocycles. The van der Waals surface area contributed by atoms with Gasteiger partial charge in [0, 0.05) is 17.3 Å². The molecule has 1 amide bonds. The van der Waals surface area contributed by atoms with E-state index in [0.717, 1.165) is 35.9 Å². The van der Waals surface area contributed by atoms with Crippen molar-refractivity contribution in [3.8, 4) is 0 Å². The van der Waals surface area contributed by atoms with Crippen LogP contribution in [0.3, 0.4) is 0 Å². The summed E-state index contributed by atoms with van der Waals surface area (Å²) >= 11 is 0. The number of amides is 1. The maximum absolute atomic E-state index is 14.4. The molecule has 0 saturated heterocycles. The quantitative estimate of drug-likeness (QED) is 0.153. The van der Waals surface area contributed by atoms with Gasteiger partial charge in [0.25, 0.3) is 5.91 Å². The SMILES string of the molecule is COC(=O)C(OC1=C(C(=O)c2ccc(C(C)C)cc2)[C@H](c2ccc(C(F)(F)F)nc2)N(c2ccc(C)nn2)C1=O)c1ccccc1. The number of pyridine rings is 1. The fourth-order valence-electron chi connectivity index (χ4n) is 5.02. The molecule has 1 aliphatic heterocycles. The summed E-state index contributed by atoms with van der Waals surface area (Å²) in [5.74, 6) is -2.69. The average molecular weight is 631 g/mol. The average Bonchev–Trinajstić information content (AvgIpc) is 3.34. The maximum Gasteiger partial charge on any atom is 0.433 e.